The van der Waals surface area contributed by atoms with Crippen LogP contribution in [0.2, 0.25) is 5.09 Å². The van der Waals surface area contributed by atoms with E-state index in [1.165, 1.54) is 17.9 Å². The van der Waals surface area contributed by atoms with Gasteiger partial charge in [0.05, 0.1) is 0 Å². The molecule has 0 aliphatic heterocycles. The molecule has 0 aliphatic carbocycles. The molecule has 0 saturated carbocycles. The second kappa shape index (κ2) is 4.60. The van der Waals surface area contributed by atoms with Crippen molar-refractivity contribution >= 4 is 17.7 Å². The van der Waals surface area contributed by atoms with E-state index in [0.717, 1.165) is 0 Å². The normalized spacial score (nSPS) is 8.60. The fraction of sp³-hybridized carbons (Fsp3) is 1.00. The predicted molar refractivity (Wildman–Crippen MR) is 25.5 cm³/mol. The Morgan fingerprint density at radius 1 is 1.60 bits per heavy atom. The standard InChI is InChI=1S/C4H9.Li/c1-3-4-2;/h1,3-4H2,2H3;/i;1+14. The zero-order valence-corrected chi connectivity index (χ0v) is 4.12. The summed E-state index contributed by atoms with van der Waals surface area (Å²) in [5.74, 6) is 0. The molecule has 0 saturated heterocycles. The Bertz CT molecular complexity index is 11.1. The summed E-state index contributed by atoms with van der Waals surface area (Å²) in [6.45, 7) is 2.21. The number of hydrogen-bond donors (Lipinski definition) is 0. The summed E-state index contributed by atoms with van der Waals surface area (Å²) >= 11 is 2.21. The van der Waals surface area contributed by atoms with Gasteiger partial charge in [0.2, 0.25) is 0 Å². The van der Waals surface area contributed by atoms with Gasteiger partial charge in [-0.2, -0.15) is 0 Å². The Morgan fingerprint density at radius 3 is 2.20 bits per heavy atom. The van der Waals surface area contributed by atoms with Crippen molar-refractivity contribution in [3.63, 3.8) is 0 Å². The molecule has 0 heterocycles. The first-order chi connectivity index (χ1) is 2.41. The molecule has 0 aliphatic rings. The molecule has 0 aromatic carbocycles. The predicted octanol–water partition coefficient (Wildman–Crippen LogP) is 1.37. The van der Waals surface area contributed by atoms with Gasteiger partial charge in [0.1, 0.15) is 0 Å². The van der Waals surface area contributed by atoms with Crippen LogP contribution in [-0.4, -0.2) is 17.7 Å². The summed E-state index contributed by atoms with van der Waals surface area (Å²) in [4.78, 5) is 0. The third kappa shape index (κ3) is 4.60. The van der Waals surface area contributed by atoms with E-state index < -0.39 is 0 Å². The number of hydrogen-bond acceptors (Lipinski definition) is 0. The van der Waals surface area contributed by atoms with Gasteiger partial charge >= 0.3 is 42.6 Å². The Labute approximate surface area is 43.2 Å². The van der Waals surface area contributed by atoms with Crippen LogP contribution in [0.3, 0.4) is 0 Å². The molecule has 5 heavy (non-hydrogen) atoms. The molecule has 0 atom stereocenters. The monoisotopic (exact) mass is 78.1 g/mol. The van der Waals surface area contributed by atoms with Gasteiger partial charge in [0.25, 0.3) is 0 Å². The van der Waals surface area contributed by atoms with E-state index in [1.54, 1.807) is 0 Å². The van der Waals surface area contributed by atoms with E-state index in [4.69, 9.17) is 0 Å². The molecule has 0 unspecified atom stereocenters. The van der Waals surface area contributed by atoms with Gasteiger partial charge in [0.15, 0.2) is 0 Å². The zero-order valence-electron chi connectivity index (χ0n) is 4.12. The minimum absolute atomic E-state index is 1.34. The summed E-state index contributed by atoms with van der Waals surface area (Å²) < 4.78 is 0. The summed E-state index contributed by atoms with van der Waals surface area (Å²) in [5, 5.41) is 1.34. The number of rotatable bonds is 2. The average molecular weight is 78.1 g/mol. The molecular formula is C4H9Li. The van der Waals surface area contributed by atoms with E-state index in [1.807, 2.05) is 0 Å². The summed E-state index contributed by atoms with van der Waals surface area (Å²) in [5.41, 5.74) is 0. The molecule has 0 aromatic heterocycles. The third-order valence-corrected chi connectivity index (χ3v) is 0.707. The van der Waals surface area contributed by atoms with Crippen LogP contribution in [-0.2, 0) is 0 Å². The Kier molecular flexibility index (Phi) is 5.15. The van der Waals surface area contributed by atoms with E-state index in [0.29, 0.717) is 0 Å². The van der Waals surface area contributed by atoms with Crippen molar-refractivity contribution in [3.05, 3.63) is 0 Å². The topological polar surface area (TPSA) is 0 Å². The molecule has 0 amide bonds. The van der Waals surface area contributed by atoms with Gasteiger partial charge in [-0.3, -0.25) is 0 Å². The van der Waals surface area contributed by atoms with Crippen LogP contribution in [0.1, 0.15) is 19.8 Å². The quantitative estimate of drug-likeness (QED) is 0.437. The fourth-order valence-corrected chi connectivity index (χ4v) is 0.354. The molecular weight excluding hydrogens is 69.0 g/mol. The molecule has 0 rings (SSSR count). The Morgan fingerprint density at radius 2 is 2.20 bits per heavy atom. The fourth-order valence-electron chi connectivity index (χ4n) is 0.354. The van der Waals surface area contributed by atoms with Crippen LogP contribution >= 0.6 is 0 Å². The van der Waals surface area contributed by atoms with Crippen LogP contribution in [0.15, 0.2) is 0 Å². The van der Waals surface area contributed by atoms with Gasteiger partial charge in [-0.1, -0.05) is 0 Å². The van der Waals surface area contributed by atoms with Gasteiger partial charge in [0, 0.05) is 0 Å². The average Bonchev–Trinajstić information content (AvgIpc) is 1.41. The van der Waals surface area contributed by atoms with Crippen molar-refractivity contribution in [1.82, 2.24) is 0 Å². The van der Waals surface area contributed by atoms with Gasteiger partial charge in [-0.25, -0.2) is 0 Å². The second-order valence-electron chi connectivity index (χ2n) is 1.35. The molecule has 26 valence electrons. The first kappa shape index (κ1) is 5.60. The number of unbranched alkanes of at least 4 members (excludes halogenated alkanes) is 1. The maximum atomic E-state index is 2.21. The molecule has 0 fully saturated rings. The van der Waals surface area contributed by atoms with E-state index in [2.05, 4.69) is 24.6 Å². The van der Waals surface area contributed by atoms with Gasteiger partial charge < -0.3 is 0 Å². The van der Waals surface area contributed by atoms with Crippen molar-refractivity contribution < 1.29 is 0 Å². The van der Waals surface area contributed by atoms with E-state index >= 15 is 0 Å². The van der Waals surface area contributed by atoms with E-state index in [-0.39, 0.29) is 0 Å². The first-order valence-corrected chi connectivity index (χ1v) is 2.41. The van der Waals surface area contributed by atoms with Crippen LogP contribution < -0.4 is 0 Å². The molecule has 0 radical (unpaired) electrons. The molecule has 0 N–H and O–H groups in total. The molecule has 0 nitrogen and oxygen atoms in total. The van der Waals surface area contributed by atoms with Crippen LogP contribution in [0.4, 0.5) is 0 Å². The molecule has 1 heteroatoms. The zero-order chi connectivity index (χ0) is 4.12. The summed E-state index contributed by atoms with van der Waals surface area (Å²) in [6, 6.07) is 0. The second-order valence-corrected chi connectivity index (χ2v) is 1.35. The first-order valence-electron chi connectivity index (χ1n) is 2.41. The van der Waals surface area contributed by atoms with Gasteiger partial charge in [-0.15, -0.1) is 0 Å². The molecule has 0 spiro atoms. The van der Waals surface area contributed by atoms with E-state index in [9.17, 15) is 0 Å². The van der Waals surface area contributed by atoms with Crippen molar-refractivity contribution in [3.8, 4) is 0 Å². The van der Waals surface area contributed by atoms with Crippen LogP contribution in [0.5, 0.6) is 0 Å². The minimum atomic E-state index is 1.34. The Hall–Kier alpha value is 0.597. The van der Waals surface area contributed by atoms with Gasteiger partial charge in [-0.05, 0) is 0 Å². The van der Waals surface area contributed by atoms with Crippen LogP contribution in [0.25, 0.3) is 0 Å². The van der Waals surface area contributed by atoms with Crippen molar-refractivity contribution in [1.29, 1.82) is 0 Å². The summed E-state index contributed by atoms with van der Waals surface area (Å²) in [6.07, 6.45) is 2.73. The van der Waals surface area contributed by atoms with Crippen molar-refractivity contribution in [2.24, 2.45) is 0 Å². The van der Waals surface area contributed by atoms with Crippen molar-refractivity contribution in [2.45, 2.75) is 24.9 Å². The maximum absolute atomic E-state index is 2.21. The molecule has 0 aromatic rings. The summed E-state index contributed by atoms with van der Waals surface area (Å²) in [7, 11) is 0. The van der Waals surface area contributed by atoms with Crippen molar-refractivity contribution in [2.75, 3.05) is 0 Å². The van der Waals surface area contributed by atoms with Crippen LogP contribution in [0, 0.1) is 0 Å². The third-order valence-electron chi connectivity index (χ3n) is 0.707. The molecule has 0 bridgehead atoms. The Balaban J connectivity index is 2.19. The SMILES string of the molecule is [21Li][CH2]CCC.